The Morgan fingerprint density at radius 2 is 1.81 bits per heavy atom. The van der Waals surface area contributed by atoms with Crippen LogP contribution in [0.2, 0.25) is 0 Å². The molecule has 0 aliphatic carbocycles. The van der Waals surface area contributed by atoms with Gasteiger partial charge in [0.2, 0.25) is 5.91 Å². The molecule has 0 N–H and O–H groups in total. The van der Waals surface area contributed by atoms with Crippen LogP contribution in [0.15, 0.2) is 0 Å². The van der Waals surface area contributed by atoms with Gasteiger partial charge < -0.3 is 4.90 Å². The van der Waals surface area contributed by atoms with Gasteiger partial charge in [-0.15, -0.1) is 0 Å². The Bertz CT molecular complexity index is 276. The average Bonchev–Trinajstić information content (AvgIpc) is 2.50. The Kier molecular flexibility index (Phi) is 3.35. The molecule has 2 atom stereocenters. The third-order valence-electron chi connectivity index (χ3n) is 4.37. The molecule has 0 saturated carbocycles. The molecule has 2 unspecified atom stereocenters. The lowest BCUT2D eigenvalue weighted by molar-refractivity contribution is -0.145. The molecule has 0 aromatic heterocycles. The summed E-state index contributed by atoms with van der Waals surface area (Å²) in [6.07, 6.45) is 5.63. The lowest BCUT2D eigenvalue weighted by Crippen LogP contribution is -2.51. The standard InChI is InChI=1S/C13H22BrNO/c1-4-13(2,3)12(16)15-10-5-6-11(15)8-9(14)7-10/h9-11H,4-8H2,1-3H3. The van der Waals surface area contributed by atoms with Crippen LogP contribution < -0.4 is 0 Å². The molecule has 2 fully saturated rings. The van der Waals surface area contributed by atoms with Crippen LogP contribution in [0.5, 0.6) is 0 Å². The van der Waals surface area contributed by atoms with Gasteiger partial charge in [-0.1, -0.05) is 36.7 Å². The summed E-state index contributed by atoms with van der Waals surface area (Å²) in [7, 11) is 0. The van der Waals surface area contributed by atoms with E-state index in [-0.39, 0.29) is 5.41 Å². The largest absolute Gasteiger partial charge is 0.336 e. The molecule has 0 aromatic rings. The highest BCUT2D eigenvalue weighted by Gasteiger charge is 2.45. The summed E-state index contributed by atoms with van der Waals surface area (Å²) in [5, 5.41) is 0. The second-order valence-electron chi connectivity index (χ2n) is 5.90. The molecule has 2 aliphatic heterocycles. The van der Waals surface area contributed by atoms with Gasteiger partial charge in [-0.2, -0.15) is 0 Å². The summed E-state index contributed by atoms with van der Waals surface area (Å²) in [5.74, 6) is 0.377. The Morgan fingerprint density at radius 1 is 1.31 bits per heavy atom. The molecule has 3 heteroatoms. The summed E-state index contributed by atoms with van der Waals surface area (Å²) in [5.41, 5.74) is -0.181. The number of hydrogen-bond acceptors (Lipinski definition) is 1. The van der Waals surface area contributed by atoms with Crippen LogP contribution in [-0.2, 0) is 4.79 Å². The molecular weight excluding hydrogens is 266 g/mol. The van der Waals surface area contributed by atoms with Crippen molar-refractivity contribution in [2.75, 3.05) is 0 Å². The SMILES string of the molecule is CCC(C)(C)C(=O)N1C2CCC1CC(Br)C2. The first kappa shape index (κ1) is 12.4. The Balaban J connectivity index is 2.14. The van der Waals surface area contributed by atoms with Crippen molar-refractivity contribution in [1.29, 1.82) is 0 Å². The Hall–Kier alpha value is -0.0500. The van der Waals surface area contributed by atoms with Gasteiger partial charge in [0.05, 0.1) is 0 Å². The van der Waals surface area contributed by atoms with E-state index in [1.807, 2.05) is 0 Å². The summed E-state index contributed by atoms with van der Waals surface area (Å²) in [6.45, 7) is 6.26. The number of carbonyl (C=O) groups is 1. The van der Waals surface area contributed by atoms with Crippen molar-refractivity contribution in [3.8, 4) is 0 Å². The molecular formula is C13H22BrNO. The summed E-state index contributed by atoms with van der Waals surface area (Å²) in [6, 6.07) is 1.00. The van der Waals surface area contributed by atoms with E-state index in [0.717, 1.165) is 19.3 Å². The molecule has 2 heterocycles. The monoisotopic (exact) mass is 287 g/mol. The first-order valence-corrected chi connectivity index (χ1v) is 7.34. The Morgan fingerprint density at radius 3 is 2.25 bits per heavy atom. The smallest absolute Gasteiger partial charge is 0.228 e. The minimum atomic E-state index is -0.181. The number of nitrogens with zero attached hydrogens (tertiary/aromatic N) is 1. The van der Waals surface area contributed by atoms with Gasteiger partial charge in [0.15, 0.2) is 0 Å². The minimum Gasteiger partial charge on any atom is -0.336 e. The van der Waals surface area contributed by atoms with E-state index < -0.39 is 0 Å². The van der Waals surface area contributed by atoms with E-state index in [1.165, 1.54) is 12.8 Å². The highest BCUT2D eigenvalue weighted by Crippen LogP contribution is 2.41. The molecule has 0 aromatic carbocycles. The van der Waals surface area contributed by atoms with Gasteiger partial charge in [-0.3, -0.25) is 4.79 Å². The van der Waals surface area contributed by atoms with Crippen molar-refractivity contribution in [3.63, 3.8) is 0 Å². The number of carbonyl (C=O) groups excluding carboxylic acids is 1. The normalized spacial score (nSPS) is 34.2. The molecule has 92 valence electrons. The average molecular weight is 288 g/mol. The second-order valence-corrected chi connectivity index (χ2v) is 7.20. The quantitative estimate of drug-likeness (QED) is 0.714. The second kappa shape index (κ2) is 4.32. The lowest BCUT2D eigenvalue weighted by atomic mass is 9.86. The lowest BCUT2D eigenvalue weighted by Gasteiger charge is -2.41. The van der Waals surface area contributed by atoms with Crippen molar-refractivity contribution in [2.24, 2.45) is 5.41 Å². The maximum Gasteiger partial charge on any atom is 0.228 e. The van der Waals surface area contributed by atoms with E-state index in [9.17, 15) is 4.79 Å². The number of amides is 1. The summed E-state index contributed by atoms with van der Waals surface area (Å²) in [4.78, 5) is 15.4. The van der Waals surface area contributed by atoms with E-state index in [4.69, 9.17) is 0 Å². The molecule has 16 heavy (non-hydrogen) atoms. The number of hydrogen-bond donors (Lipinski definition) is 0. The van der Waals surface area contributed by atoms with E-state index in [0.29, 0.717) is 22.8 Å². The fourth-order valence-corrected chi connectivity index (χ4v) is 3.81. The highest BCUT2D eigenvalue weighted by molar-refractivity contribution is 9.09. The zero-order valence-corrected chi connectivity index (χ0v) is 12.1. The highest BCUT2D eigenvalue weighted by atomic mass is 79.9. The van der Waals surface area contributed by atoms with E-state index in [2.05, 4.69) is 41.6 Å². The van der Waals surface area contributed by atoms with Gasteiger partial charge in [0, 0.05) is 22.3 Å². The Labute approximate surface area is 107 Å². The van der Waals surface area contributed by atoms with Crippen molar-refractivity contribution >= 4 is 21.8 Å². The number of piperidine rings is 1. The number of halogens is 1. The first-order valence-electron chi connectivity index (χ1n) is 6.42. The number of fused-ring (bicyclic) bond motifs is 2. The maximum atomic E-state index is 12.5. The fourth-order valence-electron chi connectivity index (χ4n) is 2.94. The molecule has 0 radical (unpaired) electrons. The van der Waals surface area contributed by atoms with Gasteiger partial charge in [0.1, 0.15) is 0 Å². The topological polar surface area (TPSA) is 20.3 Å². The predicted molar refractivity (Wildman–Crippen MR) is 69.7 cm³/mol. The predicted octanol–water partition coefficient (Wildman–Crippen LogP) is 3.34. The van der Waals surface area contributed by atoms with Crippen molar-refractivity contribution in [2.45, 2.75) is 69.8 Å². The maximum absolute atomic E-state index is 12.5. The van der Waals surface area contributed by atoms with Crippen LogP contribution in [0.3, 0.4) is 0 Å². The van der Waals surface area contributed by atoms with E-state index >= 15 is 0 Å². The van der Waals surface area contributed by atoms with Gasteiger partial charge in [-0.25, -0.2) is 0 Å². The molecule has 2 saturated heterocycles. The molecule has 2 rings (SSSR count). The van der Waals surface area contributed by atoms with Crippen LogP contribution in [0.25, 0.3) is 0 Å². The van der Waals surface area contributed by atoms with Crippen LogP contribution in [0.4, 0.5) is 0 Å². The number of alkyl halides is 1. The molecule has 2 nitrogen and oxygen atoms in total. The van der Waals surface area contributed by atoms with Crippen LogP contribution in [0.1, 0.15) is 52.9 Å². The third kappa shape index (κ3) is 2.03. The van der Waals surface area contributed by atoms with Crippen molar-refractivity contribution in [3.05, 3.63) is 0 Å². The minimum absolute atomic E-state index is 0.181. The van der Waals surface area contributed by atoms with E-state index in [1.54, 1.807) is 0 Å². The molecule has 1 amide bonds. The summed E-state index contributed by atoms with van der Waals surface area (Å²) < 4.78 is 0. The summed E-state index contributed by atoms with van der Waals surface area (Å²) >= 11 is 3.72. The van der Waals surface area contributed by atoms with Crippen LogP contribution in [0, 0.1) is 5.41 Å². The zero-order valence-electron chi connectivity index (χ0n) is 10.5. The van der Waals surface area contributed by atoms with Gasteiger partial charge >= 0.3 is 0 Å². The molecule has 2 aliphatic rings. The molecule has 2 bridgehead atoms. The zero-order chi connectivity index (χ0) is 11.9. The van der Waals surface area contributed by atoms with Gasteiger partial charge in [-0.05, 0) is 32.1 Å². The van der Waals surface area contributed by atoms with Crippen LogP contribution in [-0.4, -0.2) is 27.7 Å². The number of rotatable bonds is 2. The van der Waals surface area contributed by atoms with Crippen molar-refractivity contribution in [1.82, 2.24) is 4.90 Å². The first-order chi connectivity index (χ1) is 7.45. The van der Waals surface area contributed by atoms with Gasteiger partial charge in [0.25, 0.3) is 0 Å². The molecule has 0 spiro atoms. The fraction of sp³-hybridized carbons (Fsp3) is 0.923. The van der Waals surface area contributed by atoms with Crippen LogP contribution >= 0.6 is 15.9 Å². The van der Waals surface area contributed by atoms with Crippen molar-refractivity contribution < 1.29 is 4.79 Å². The third-order valence-corrected chi connectivity index (χ3v) is 5.12.